The predicted octanol–water partition coefficient (Wildman–Crippen LogP) is 6.24. The fourth-order valence-corrected chi connectivity index (χ4v) is 3.71. The molecule has 156 valence electrons. The Morgan fingerprint density at radius 2 is 1.70 bits per heavy atom. The largest absolute Gasteiger partial charge is 0.494 e. The molecule has 0 radical (unpaired) electrons. The van der Waals surface area contributed by atoms with Gasteiger partial charge in [-0.1, -0.05) is 44.2 Å². The number of hydrogen-bond donors (Lipinski definition) is 0. The number of rotatable bonds is 8. The van der Waals surface area contributed by atoms with Crippen molar-refractivity contribution in [1.82, 2.24) is 4.98 Å². The summed E-state index contributed by atoms with van der Waals surface area (Å²) in [5, 5.41) is 0. The Hall–Kier alpha value is -2.94. The molecule has 0 saturated carbocycles. The van der Waals surface area contributed by atoms with E-state index in [0.29, 0.717) is 25.4 Å². The van der Waals surface area contributed by atoms with Crippen molar-refractivity contribution in [2.45, 2.75) is 53.4 Å². The van der Waals surface area contributed by atoms with Crippen molar-refractivity contribution in [3.05, 3.63) is 82.7 Å². The maximum atomic E-state index is 12.8. The number of pyridine rings is 1. The lowest BCUT2D eigenvalue weighted by molar-refractivity contribution is -0.117. The first-order chi connectivity index (χ1) is 14.4. The molecule has 3 heteroatoms. The summed E-state index contributed by atoms with van der Waals surface area (Å²) in [7, 11) is 0. The van der Waals surface area contributed by atoms with E-state index >= 15 is 0 Å². The van der Waals surface area contributed by atoms with Crippen LogP contribution >= 0.6 is 0 Å². The summed E-state index contributed by atoms with van der Waals surface area (Å²) in [6.07, 6.45) is 2.72. The maximum Gasteiger partial charge on any atom is 0.141 e. The molecular weight excluding hydrogens is 370 g/mol. The quantitative estimate of drug-likeness (QED) is 0.448. The van der Waals surface area contributed by atoms with Crippen LogP contribution in [0.25, 0.3) is 11.1 Å². The van der Waals surface area contributed by atoms with Crippen LogP contribution in [0.2, 0.25) is 0 Å². The zero-order valence-electron chi connectivity index (χ0n) is 18.7. The molecule has 30 heavy (non-hydrogen) atoms. The molecule has 0 bridgehead atoms. The molecule has 3 aromatic rings. The van der Waals surface area contributed by atoms with Crippen LogP contribution < -0.4 is 4.74 Å². The summed E-state index contributed by atoms with van der Waals surface area (Å²) in [5.74, 6) is 1.51. The molecule has 0 aliphatic rings. The minimum Gasteiger partial charge on any atom is -0.494 e. The second-order valence-electron chi connectivity index (χ2n) is 8.18. The van der Waals surface area contributed by atoms with Gasteiger partial charge in [0.2, 0.25) is 0 Å². The van der Waals surface area contributed by atoms with Crippen LogP contribution in [0.15, 0.2) is 54.7 Å². The van der Waals surface area contributed by atoms with Gasteiger partial charge in [-0.05, 0) is 78.3 Å². The summed E-state index contributed by atoms with van der Waals surface area (Å²) in [6.45, 7) is 11.0. The smallest absolute Gasteiger partial charge is 0.141 e. The number of carbonyl (C=O) groups is 1. The Kier molecular flexibility index (Phi) is 7.04. The molecule has 2 aromatic carbocycles. The van der Waals surface area contributed by atoms with Gasteiger partial charge in [0, 0.05) is 24.7 Å². The third-order valence-electron chi connectivity index (χ3n) is 5.36. The lowest BCUT2D eigenvalue weighted by Gasteiger charge is -2.17. The number of carbonyl (C=O) groups excluding carboxylic acids is 1. The highest BCUT2D eigenvalue weighted by atomic mass is 16.5. The molecule has 1 aromatic heterocycles. The molecule has 0 spiro atoms. The fourth-order valence-electron chi connectivity index (χ4n) is 3.71. The summed E-state index contributed by atoms with van der Waals surface area (Å²) >= 11 is 0. The minimum absolute atomic E-state index is 0.226. The summed E-state index contributed by atoms with van der Waals surface area (Å²) in [5.41, 5.74) is 7.70. The summed E-state index contributed by atoms with van der Waals surface area (Å²) in [6, 6.07) is 16.6. The number of benzene rings is 2. The minimum atomic E-state index is 0.226. The number of hydrogen-bond acceptors (Lipinski definition) is 3. The molecule has 0 fully saturated rings. The van der Waals surface area contributed by atoms with E-state index in [-0.39, 0.29) is 5.78 Å². The summed E-state index contributed by atoms with van der Waals surface area (Å²) in [4.78, 5) is 17.0. The van der Waals surface area contributed by atoms with Crippen LogP contribution in [0.1, 0.15) is 54.6 Å². The Morgan fingerprint density at radius 1 is 0.967 bits per heavy atom. The fraction of sp³-hybridized carbons (Fsp3) is 0.333. The van der Waals surface area contributed by atoms with E-state index in [4.69, 9.17) is 4.74 Å². The average Bonchev–Trinajstić information content (AvgIpc) is 2.70. The lowest BCUT2D eigenvalue weighted by Crippen LogP contribution is -2.09. The second kappa shape index (κ2) is 9.71. The average molecular weight is 402 g/mol. The molecule has 1 heterocycles. The van der Waals surface area contributed by atoms with Gasteiger partial charge in [-0.25, -0.2) is 0 Å². The molecule has 0 atom stereocenters. The van der Waals surface area contributed by atoms with Crippen molar-refractivity contribution in [2.24, 2.45) is 0 Å². The molecule has 0 amide bonds. The highest BCUT2D eigenvalue weighted by Crippen LogP contribution is 2.30. The standard InChI is InChI=1S/C27H31NO2/c1-6-30-27-13-19(4)24(17-26(27)18(2)3)16-25(29)15-21-7-9-22(10-8-21)23-11-12-28-20(5)14-23/h7-14,17-18H,6,15-16H2,1-5H3. The van der Waals surface area contributed by atoms with Crippen LogP contribution in [-0.4, -0.2) is 17.4 Å². The third-order valence-corrected chi connectivity index (χ3v) is 5.36. The molecule has 0 aliphatic heterocycles. The van der Waals surface area contributed by atoms with Gasteiger partial charge >= 0.3 is 0 Å². The van der Waals surface area contributed by atoms with Crippen LogP contribution in [0.5, 0.6) is 5.75 Å². The van der Waals surface area contributed by atoms with Gasteiger partial charge in [-0.2, -0.15) is 0 Å². The van der Waals surface area contributed by atoms with Crippen molar-refractivity contribution in [3.8, 4) is 16.9 Å². The molecule has 3 rings (SSSR count). The summed E-state index contributed by atoms with van der Waals surface area (Å²) < 4.78 is 5.80. The van der Waals surface area contributed by atoms with E-state index in [0.717, 1.165) is 39.3 Å². The first-order valence-corrected chi connectivity index (χ1v) is 10.7. The van der Waals surface area contributed by atoms with E-state index in [9.17, 15) is 4.79 Å². The maximum absolute atomic E-state index is 12.8. The van der Waals surface area contributed by atoms with Gasteiger partial charge in [-0.3, -0.25) is 9.78 Å². The van der Waals surface area contributed by atoms with Crippen LogP contribution in [0.3, 0.4) is 0 Å². The van der Waals surface area contributed by atoms with Crippen molar-refractivity contribution in [1.29, 1.82) is 0 Å². The van der Waals surface area contributed by atoms with E-state index in [1.165, 1.54) is 5.56 Å². The normalized spacial score (nSPS) is 11.0. The predicted molar refractivity (Wildman–Crippen MR) is 123 cm³/mol. The molecule has 3 nitrogen and oxygen atoms in total. The van der Waals surface area contributed by atoms with Crippen LogP contribution in [0.4, 0.5) is 0 Å². The van der Waals surface area contributed by atoms with Crippen LogP contribution in [-0.2, 0) is 17.6 Å². The van der Waals surface area contributed by atoms with Gasteiger partial charge in [-0.15, -0.1) is 0 Å². The molecule has 0 aliphatic carbocycles. The van der Waals surface area contributed by atoms with E-state index in [1.54, 1.807) is 0 Å². The number of ether oxygens (including phenoxy) is 1. The third kappa shape index (κ3) is 5.35. The van der Waals surface area contributed by atoms with E-state index in [1.807, 2.05) is 38.2 Å². The lowest BCUT2D eigenvalue weighted by atomic mass is 9.93. The monoisotopic (exact) mass is 401 g/mol. The van der Waals surface area contributed by atoms with Gasteiger partial charge in [0.25, 0.3) is 0 Å². The molecule has 0 N–H and O–H groups in total. The van der Waals surface area contributed by atoms with Gasteiger partial charge in [0.1, 0.15) is 11.5 Å². The van der Waals surface area contributed by atoms with Crippen molar-refractivity contribution < 1.29 is 9.53 Å². The number of Topliss-reactive ketones (excluding diaryl/α,β-unsaturated/α-hetero) is 1. The number of aromatic nitrogens is 1. The SMILES string of the molecule is CCOc1cc(C)c(CC(=O)Cc2ccc(-c3ccnc(C)c3)cc2)cc1C(C)C. The highest BCUT2D eigenvalue weighted by molar-refractivity contribution is 5.83. The molecule has 0 saturated heterocycles. The van der Waals surface area contributed by atoms with Gasteiger partial charge in [0.05, 0.1) is 6.61 Å². The first-order valence-electron chi connectivity index (χ1n) is 10.7. The number of ketones is 1. The molecular formula is C27H31NO2. The van der Waals surface area contributed by atoms with Crippen molar-refractivity contribution in [2.75, 3.05) is 6.61 Å². The van der Waals surface area contributed by atoms with Crippen molar-refractivity contribution in [3.63, 3.8) is 0 Å². The zero-order valence-corrected chi connectivity index (χ0v) is 18.7. The Morgan fingerprint density at radius 3 is 2.33 bits per heavy atom. The molecule has 0 unspecified atom stereocenters. The Labute approximate surface area is 180 Å². The zero-order chi connectivity index (χ0) is 21.7. The second-order valence-corrected chi connectivity index (χ2v) is 8.18. The Bertz CT molecular complexity index is 1020. The van der Waals surface area contributed by atoms with Crippen LogP contribution in [0, 0.1) is 13.8 Å². The topological polar surface area (TPSA) is 39.2 Å². The Balaban J connectivity index is 1.72. The van der Waals surface area contributed by atoms with E-state index < -0.39 is 0 Å². The van der Waals surface area contributed by atoms with Gasteiger partial charge < -0.3 is 4.74 Å². The van der Waals surface area contributed by atoms with E-state index in [2.05, 4.69) is 56.1 Å². The van der Waals surface area contributed by atoms with Gasteiger partial charge in [0.15, 0.2) is 0 Å². The number of aryl methyl sites for hydroxylation is 2. The number of nitrogens with zero attached hydrogens (tertiary/aromatic N) is 1. The first kappa shape index (κ1) is 21.8. The highest BCUT2D eigenvalue weighted by Gasteiger charge is 2.14. The van der Waals surface area contributed by atoms with Crippen molar-refractivity contribution >= 4 is 5.78 Å².